The Balaban J connectivity index is 1.64. The number of carbonyl (C=O) groups excluding carboxylic acids is 1. The first-order chi connectivity index (χ1) is 12.5. The number of aryl methyl sites for hydroxylation is 1. The Morgan fingerprint density at radius 1 is 1.23 bits per heavy atom. The molecule has 2 heterocycles. The van der Waals surface area contributed by atoms with Crippen LogP contribution in [-0.4, -0.2) is 51.1 Å². The second-order valence-corrected chi connectivity index (χ2v) is 6.32. The average Bonchev–Trinajstić information content (AvgIpc) is 3.27. The van der Waals surface area contributed by atoms with Crippen molar-refractivity contribution in [2.24, 2.45) is 0 Å². The molecule has 0 aliphatic carbocycles. The van der Waals surface area contributed by atoms with Crippen molar-refractivity contribution < 1.29 is 4.79 Å². The number of amides is 2. The standard InChI is InChI=1S/C18H23N7O/c1-14-5-6-16(25-8-4-7-19-25)11-17(14)22-18(26)21-15-12-20-24(13-15)10-9-23(2)3/h4-8,11-13H,9-10H2,1-3H3,(H2,21,22,26). The molecule has 26 heavy (non-hydrogen) atoms. The minimum absolute atomic E-state index is 0.308. The fraction of sp³-hybridized carbons (Fsp3) is 0.278. The number of rotatable bonds is 6. The maximum Gasteiger partial charge on any atom is 0.323 e. The minimum atomic E-state index is -0.308. The van der Waals surface area contributed by atoms with E-state index in [0.717, 1.165) is 30.0 Å². The minimum Gasteiger partial charge on any atom is -0.308 e. The van der Waals surface area contributed by atoms with Crippen LogP contribution in [0.5, 0.6) is 0 Å². The van der Waals surface area contributed by atoms with Crippen LogP contribution < -0.4 is 10.6 Å². The molecule has 0 spiro atoms. The summed E-state index contributed by atoms with van der Waals surface area (Å²) in [6.07, 6.45) is 7.03. The topological polar surface area (TPSA) is 80.0 Å². The van der Waals surface area contributed by atoms with E-state index in [1.165, 1.54) is 0 Å². The van der Waals surface area contributed by atoms with Gasteiger partial charge in [-0.25, -0.2) is 9.48 Å². The summed E-state index contributed by atoms with van der Waals surface area (Å²) in [7, 11) is 4.02. The first-order valence-corrected chi connectivity index (χ1v) is 8.37. The molecule has 0 atom stereocenters. The highest BCUT2D eigenvalue weighted by Crippen LogP contribution is 2.19. The van der Waals surface area contributed by atoms with Gasteiger partial charge >= 0.3 is 6.03 Å². The molecule has 3 rings (SSSR count). The van der Waals surface area contributed by atoms with Crippen LogP contribution in [0.3, 0.4) is 0 Å². The fourth-order valence-corrected chi connectivity index (χ4v) is 2.45. The molecule has 8 heteroatoms. The van der Waals surface area contributed by atoms with Gasteiger partial charge in [0.2, 0.25) is 0 Å². The van der Waals surface area contributed by atoms with E-state index in [9.17, 15) is 4.79 Å². The van der Waals surface area contributed by atoms with E-state index in [1.54, 1.807) is 21.8 Å². The van der Waals surface area contributed by atoms with Crippen molar-refractivity contribution in [2.75, 3.05) is 31.3 Å². The molecule has 2 aromatic heterocycles. The quantitative estimate of drug-likeness (QED) is 0.714. The Morgan fingerprint density at radius 2 is 2.08 bits per heavy atom. The van der Waals surface area contributed by atoms with E-state index in [-0.39, 0.29) is 6.03 Å². The van der Waals surface area contributed by atoms with Gasteiger partial charge in [-0.15, -0.1) is 0 Å². The van der Waals surface area contributed by atoms with Crippen LogP contribution in [-0.2, 0) is 6.54 Å². The van der Waals surface area contributed by atoms with E-state index in [4.69, 9.17) is 0 Å². The molecule has 0 radical (unpaired) electrons. The van der Waals surface area contributed by atoms with Crippen LogP contribution in [0.4, 0.5) is 16.2 Å². The van der Waals surface area contributed by atoms with E-state index < -0.39 is 0 Å². The molecular weight excluding hydrogens is 330 g/mol. The van der Waals surface area contributed by atoms with Gasteiger partial charge in [0.15, 0.2) is 0 Å². The molecule has 0 fully saturated rings. The lowest BCUT2D eigenvalue weighted by Gasteiger charge is -2.11. The molecule has 0 saturated carbocycles. The highest BCUT2D eigenvalue weighted by molar-refractivity contribution is 6.00. The van der Waals surface area contributed by atoms with Crippen molar-refractivity contribution in [3.05, 3.63) is 54.6 Å². The van der Waals surface area contributed by atoms with E-state index in [0.29, 0.717) is 5.69 Å². The molecular formula is C18H23N7O. The molecule has 8 nitrogen and oxygen atoms in total. The molecule has 0 aliphatic rings. The third-order valence-electron chi connectivity index (χ3n) is 3.91. The number of hydrogen-bond acceptors (Lipinski definition) is 4. The number of urea groups is 1. The van der Waals surface area contributed by atoms with Gasteiger partial charge in [-0.2, -0.15) is 10.2 Å². The molecule has 0 unspecified atom stereocenters. The third-order valence-corrected chi connectivity index (χ3v) is 3.91. The predicted octanol–water partition coefficient (Wildman–Crippen LogP) is 2.58. The number of nitrogens with one attached hydrogen (secondary N) is 2. The fourth-order valence-electron chi connectivity index (χ4n) is 2.45. The Hall–Kier alpha value is -3.13. The van der Waals surface area contributed by atoms with Gasteiger partial charge < -0.3 is 15.5 Å². The lowest BCUT2D eigenvalue weighted by molar-refractivity contribution is 0.262. The van der Waals surface area contributed by atoms with Crippen LogP contribution in [0.25, 0.3) is 5.69 Å². The second kappa shape index (κ2) is 7.83. The summed E-state index contributed by atoms with van der Waals surface area (Å²) in [6, 6.07) is 7.35. The summed E-state index contributed by atoms with van der Waals surface area (Å²) in [5.74, 6) is 0. The first-order valence-electron chi connectivity index (χ1n) is 8.37. The van der Waals surface area contributed by atoms with Gasteiger partial charge in [0.05, 0.1) is 24.1 Å². The highest BCUT2D eigenvalue weighted by atomic mass is 16.2. The van der Waals surface area contributed by atoms with Crippen LogP contribution in [0.1, 0.15) is 5.56 Å². The lowest BCUT2D eigenvalue weighted by Crippen LogP contribution is -2.20. The molecule has 2 N–H and O–H groups in total. The monoisotopic (exact) mass is 353 g/mol. The number of anilines is 2. The van der Waals surface area contributed by atoms with Crippen molar-refractivity contribution in [1.29, 1.82) is 0 Å². The van der Waals surface area contributed by atoms with Crippen molar-refractivity contribution in [2.45, 2.75) is 13.5 Å². The van der Waals surface area contributed by atoms with Gasteiger partial charge in [0, 0.05) is 30.8 Å². The summed E-state index contributed by atoms with van der Waals surface area (Å²) in [6.45, 7) is 3.59. The summed E-state index contributed by atoms with van der Waals surface area (Å²) in [4.78, 5) is 14.4. The van der Waals surface area contributed by atoms with Crippen molar-refractivity contribution >= 4 is 17.4 Å². The molecule has 2 amide bonds. The summed E-state index contributed by atoms with van der Waals surface area (Å²) < 4.78 is 3.55. The van der Waals surface area contributed by atoms with E-state index >= 15 is 0 Å². The number of aromatic nitrogens is 4. The molecule has 0 bridgehead atoms. The van der Waals surface area contributed by atoms with Crippen LogP contribution in [0.15, 0.2) is 49.1 Å². The van der Waals surface area contributed by atoms with Gasteiger partial charge in [0.1, 0.15) is 0 Å². The second-order valence-electron chi connectivity index (χ2n) is 6.32. The van der Waals surface area contributed by atoms with Gasteiger partial charge in [-0.1, -0.05) is 6.07 Å². The number of carbonyl (C=O) groups is 1. The average molecular weight is 353 g/mol. The largest absolute Gasteiger partial charge is 0.323 e. The summed E-state index contributed by atoms with van der Waals surface area (Å²) in [5, 5.41) is 14.2. The SMILES string of the molecule is Cc1ccc(-n2cccn2)cc1NC(=O)Nc1cnn(CCN(C)C)c1. The number of benzene rings is 1. The number of likely N-dealkylation sites (N-methyl/N-ethyl adjacent to an activating group) is 1. The van der Waals surface area contributed by atoms with Crippen LogP contribution >= 0.6 is 0 Å². The van der Waals surface area contributed by atoms with Gasteiger partial charge in [-0.05, 0) is 44.8 Å². The van der Waals surface area contributed by atoms with Crippen molar-refractivity contribution in [3.63, 3.8) is 0 Å². The zero-order chi connectivity index (χ0) is 18.5. The molecule has 0 saturated heterocycles. The zero-order valence-corrected chi connectivity index (χ0v) is 15.2. The Bertz CT molecular complexity index is 868. The molecule has 1 aromatic carbocycles. The van der Waals surface area contributed by atoms with Crippen LogP contribution in [0.2, 0.25) is 0 Å². The molecule has 0 aliphatic heterocycles. The molecule has 3 aromatic rings. The Kier molecular flexibility index (Phi) is 5.33. The Morgan fingerprint density at radius 3 is 2.81 bits per heavy atom. The van der Waals surface area contributed by atoms with Crippen LogP contribution in [0, 0.1) is 6.92 Å². The smallest absolute Gasteiger partial charge is 0.308 e. The van der Waals surface area contributed by atoms with E-state index in [1.807, 2.05) is 57.7 Å². The highest BCUT2D eigenvalue weighted by Gasteiger charge is 2.08. The van der Waals surface area contributed by atoms with Crippen molar-refractivity contribution in [3.8, 4) is 5.69 Å². The van der Waals surface area contributed by atoms with Gasteiger partial charge in [0.25, 0.3) is 0 Å². The lowest BCUT2D eigenvalue weighted by atomic mass is 10.2. The first kappa shape index (κ1) is 17.7. The number of hydrogen-bond donors (Lipinski definition) is 2. The third kappa shape index (κ3) is 4.48. The zero-order valence-electron chi connectivity index (χ0n) is 15.2. The van der Waals surface area contributed by atoms with Crippen molar-refractivity contribution in [1.82, 2.24) is 24.5 Å². The van der Waals surface area contributed by atoms with E-state index in [2.05, 4.69) is 25.7 Å². The maximum atomic E-state index is 12.3. The Labute approximate surface area is 152 Å². The summed E-state index contributed by atoms with van der Waals surface area (Å²) in [5.41, 5.74) is 3.24. The summed E-state index contributed by atoms with van der Waals surface area (Å²) >= 11 is 0. The predicted molar refractivity (Wildman–Crippen MR) is 102 cm³/mol. The molecule has 136 valence electrons. The maximum absolute atomic E-state index is 12.3. The van der Waals surface area contributed by atoms with Gasteiger partial charge in [-0.3, -0.25) is 4.68 Å². The number of nitrogens with zero attached hydrogens (tertiary/aromatic N) is 5. The normalized spacial score (nSPS) is 10.9.